The van der Waals surface area contributed by atoms with Crippen molar-refractivity contribution in [1.82, 2.24) is 15.0 Å². The largest absolute Gasteiger partial charge is 0.329 e. The van der Waals surface area contributed by atoms with E-state index in [0.717, 1.165) is 6.26 Å². The Hall–Kier alpha value is -2.26. The number of aromatic nitrogens is 3. The van der Waals surface area contributed by atoms with Crippen LogP contribution in [0.15, 0.2) is 35.4 Å². The van der Waals surface area contributed by atoms with Crippen LogP contribution in [0, 0.1) is 0 Å². The molecule has 0 spiro atoms. The average Bonchev–Trinajstić information content (AvgIpc) is 2.87. The average molecular weight is 309 g/mol. The molecule has 3 N–H and O–H groups in total. The zero-order chi connectivity index (χ0) is 15.5. The molecule has 9 heteroatoms. The van der Waals surface area contributed by atoms with Crippen molar-refractivity contribution in [2.45, 2.75) is 11.4 Å². The van der Waals surface area contributed by atoms with Gasteiger partial charge in [0.25, 0.3) is 5.91 Å². The number of carbonyl (C=O) groups excluding carboxylic acids is 1. The maximum atomic E-state index is 11.9. The fourth-order valence-electron chi connectivity index (χ4n) is 1.62. The summed E-state index contributed by atoms with van der Waals surface area (Å²) < 4.78 is 24.1. The highest BCUT2D eigenvalue weighted by molar-refractivity contribution is 7.90. The molecule has 2 rings (SSSR count). The molecule has 0 atom stereocenters. The third kappa shape index (κ3) is 3.86. The van der Waals surface area contributed by atoms with Gasteiger partial charge in [-0.2, -0.15) is 0 Å². The van der Waals surface area contributed by atoms with Gasteiger partial charge in [0, 0.05) is 18.5 Å². The van der Waals surface area contributed by atoms with Gasteiger partial charge in [-0.3, -0.25) is 9.48 Å². The molecule has 112 valence electrons. The van der Waals surface area contributed by atoms with Gasteiger partial charge in [0.15, 0.2) is 15.5 Å². The Morgan fingerprint density at radius 1 is 1.33 bits per heavy atom. The molecule has 0 bridgehead atoms. The molecule has 0 unspecified atom stereocenters. The van der Waals surface area contributed by atoms with Crippen molar-refractivity contribution in [1.29, 1.82) is 0 Å². The second-order valence-corrected chi connectivity index (χ2v) is 6.42. The molecular weight excluding hydrogens is 294 g/mol. The third-order valence-corrected chi connectivity index (χ3v) is 3.80. The second-order valence-electron chi connectivity index (χ2n) is 4.41. The molecule has 8 nitrogen and oxygen atoms in total. The predicted molar refractivity (Wildman–Crippen MR) is 76.6 cm³/mol. The first kappa shape index (κ1) is 15.1. The summed E-state index contributed by atoms with van der Waals surface area (Å²) in [6.07, 6.45) is 2.61. The molecule has 1 aromatic heterocycles. The summed E-state index contributed by atoms with van der Waals surface area (Å²) in [5.74, 6) is -0.426. The quantitative estimate of drug-likeness (QED) is 0.795. The van der Waals surface area contributed by atoms with Crippen molar-refractivity contribution in [2.75, 3.05) is 18.1 Å². The van der Waals surface area contributed by atoms with Crippen molar-refractivity contribution >= 4 is 21.4 Å². The summed E-state index contributed by atoms with van der Waals surface area (Å²) in [4.78, 5) is 12.1. The van der Waals surface area contributed by atoms with Crippen molar-refractivity contribution in [2.24, 2.45) is 5.73 Å². The van der Waals surface area contributed by atoms with Crippen LogP contribution < -0.4 is 11.1 Å². The number of nitrogens with one attached hydrogen (secondary N) is 1. The van der Waals surface area contributed by atoms with Crippen molar-refractivity contribution in [3.05, 3.63) is 36.2 Å². The molecule has 2 aromatic rings. The number of benzene rings is 1. The lowest BCUT2D eigenvalue weighted by molar-refractivity contribution is 0.102. The number of anilines is 1. The molecule has 21 heavy (non-hydrogen) atoms. The fraction of sp³-hybridized carbons (Fsp3) is 0.250. The molecule has 0 aliphatic rings. The van der Waals surface area contributed by atoms with Gasteiger partial charge in [-0.05, 0) is 24.3 Å². The first-order valence-electron chi connectivity index (χ1n) is 6.12. The zero-order valence-corrected chi connectivity index (χ0v) is 12.2. The van der Waals surface area contributed by atoms with E-state index < -0.39 is 15.7 Å². The summed E-state index contributed by atoms with van der Waals surface area (Å²) in [5, 5.41) is 10.1. The smallest absolute Gasteiger partial charge is 0.277 e. The first-order chi connectivity index (χ1) is 9.90. The van der Waals surface area contributed by atoms with Crippen LogP contribution in [0.3, 0.4) is 0 Å². The Bertz CT molecular complexity index is 737. The van der Waals surface area contributed by atoms with Crippen molar-refractivity contribution in [3.63, 3.8) is 0 Å². The summed E-state index contributed by atoms with van der Waals surface area (Å²) in [7, 11) is -3.25. The van der Waals surface area contributed by atoms with E-state index in [4.69, 9.17) is 5.73 Å². The minimum atomic E-state index is -3.25. The Labute approximate surface area is 121 Å². The van der Waals surface area contributed by atoms with E-state index in [0.29, 0.717) is 18.8 Å². The van der Waals surface area contributed by atoms with Crippen LogP contribution in [0.5, 0.6) is 0 Å². The van der Waals surface area contributed by atoms with Gasteiger partial charge in [0.2, 0.25) is 0 Å². The minimum Gasteiger partial charge on any atom is -0.329 e. The van der Waals surface area contributed by atoms with Crippen LogP contribution in [0.2, 0.25) is 0 Å². The van der Waals surface area contributed by atoms with Gasteiger partial charge < -0.3 is 11.1 Å². The van der Waals surface area contributed by atoms with E-state index in [9.17, 15) is 13.2 Å². The van der Waals surface area contributed by atoms with Crippen LogP contribution in [-0.2, 0) is 16.4 Å². The number of carbonyl (C=O) groups is 1. The lowest BCUT2D eigenvalue weighted by atomic mass is 10.3. The topological polar surface area (TPSA) is 120 Å². The maximum absolute atomic E-state index is 11.9. The van der Waals surface area contributed by atoms with Crippen LogP contribution in [0.1, 0.15) is 10.5 Å². The van der Waals surface area contributed by atoms with Gasteiger partial charge in [-0.1, -0.05) is 5.21 Å². The number of nitrogens with two attached hydrogens (primary N) is 1. The molecule has 0 aliphatic carbocycles. The van der Waals surface area contributed by atoms with Crippen LogP contribution in [0.4, 0.5) is 5.69 Å². The maximum Gasteiger partial charge on any atom is 0.277 e. The number of hydrogen-bond donors (Lipinski definition) is 2. The van der Waals surface area contributed by atoms with E-state index in [1.54, 1.807) is 0 Å². The molecule has 1 aromatic carbocycles. The highest BCUT2D eigenvalue weighted by atomic mass is 32.2. The van der Waals surface area contributed by atoms with Gasteiger partial charge in [0.05, 0.1) is 17.6 Å². The monoisotopic (exact) mass is 309 g/mol. The first-order valence-corrected chi connectivity index (χ1v) is 8.01. The second kappa shape index (κ2) is 6.02. The van der Waals surface area contributed by atoms with Gasteiger partial charge in [-0.15, -0.1) is 5.10 Å². The molecule has 0 saturated carbocycles. The molecular formula is C12H15N5O3S. The standard InChI is InChI=1S/C12H15N5O3S/c1-21(19,20)10-4-2-9(3-5-10)14-12(18)11-8-17(7-6-13)16-15-11/h2-5,8H,6-7,13H2,1H3,(H,14,18). The number of rotatable bonds is 5. The van der Waals surface area contributed by atoms with Crippen LogP contribution in [0.25, 0.3) is 0 Å². The Kier molecular flexibility index (Phi) is 4.34. The van der Waals surface area contributed by atoms with Gasteiger partial charge in [-0.25, -0.2) is 8.42 Å². The van der Waals surface area contributed by atoms with Crippen LogP contribution >= 0.6 is 0 Å². The van der Waals surface area contributed by atoms with E-state index in [1.807, 2.05) is 0 Å². The highest BCUT2D eigenvalue weighted by Crippen LogP contribution is 2.14. The summed E-state index contributed by atoms with van der Waals surface area (Å²) in [5.41, 5.74) is 6.02. The third-order valence-electron chi connectivity index (χ3n) is 2.67. The number of sulfone groups is 1. The van der Waals surface area contributed by atoms with Gasteiger partial charge >= 0.3 is 0 Å². The predicted octanol–water partition coefficient (Wildman–Crippen LogP) is -0.107. The number of nitrogens with zero attached hydrogens (tertiary/aromatic N) is 3. The zero-order valence-electron chi connectivity index (χ0n) is 11.4. The normalized spacial score (nSPS) is 11.3. The van der Waals surface area contributed by atoms with E-state index >= 15 is 0 Å². The Morgan fingerprint density at radius 3 is 2.57 bits per heavy atom. The van der Waals surface area contributed by atoms with E-state index in [1.165, 1.54) is 35.1 Å². The van der Waals surface area contributed by atoms with Gasteiger partial charge in [0.1, 0.15) is 0 Å². The lowest BCUT2D eigenvalue weighted by Gasteiger charge is -2.04. The van der Waals surface area contributed by atoms with Crippen molar-refractivity contribution in [3.8, 4) is 0 Å². The molecule has 1 amide bonds. The Balaban J connectivity index is 2.08. The SMILES string of the molecule is CS(=O)(=O)c1ccc(NC(=O)c2cn(CCN)nn2)cc1. The molecule has 0 fully saturated rings. The molecule has 0 saturated heterocycles. The molecule has 0 aliphatic heterocycles. The minimum absolute atomic E-state index is 0.163. The number of hydrogen-bond acceptors (Lipinski definition) is 6. The Morgan fingerprint density at radius 2 is 2.00 bits per heavy atom. The summed E-state index contributed by atoms with van der Waals surface area (Å²) >= 11 is 0. The van der Waals surface area contributed by atoms with Crippen molar-refractivity contribution < 1.29 is 13.2 Å². The molecule has 1 heterocycles. The number of amides is 1. The summed E-state index contributed by atoms with van der Waals surface area (Å²) in [6.45, 7) is 0.876. The van der Waals surface area contributed by atoms with E-state index in [2.05, 4.69) is 15.6 Å². The molecule has 0 radical (unpaired) electrons. The summed E-state index contributed by atoms with van der Waals surface area (Å²) in [6, 6.07) is 5.88. The highest BCUT2D eigenvalue weighted by Gasteiger charge is 2.12. The van der Waals surface area contributed by atoms with Crippen LogP contribution in [-0.4, -0.2) is 42.1 Å². The van der Waals surface area contributed by atoms with E-state index in [-0.39, 0.29) is 10.6 Å². The fourth-order valence-corrected chi connectivity index (χ4v) is 2.26. The lowest BCUT2D eigenvalue weighted by Crippen LogP contribution is -2.13.